The number of aromatic nitrogens is 4. The SMILES string of the molecule is Cn1c(SCC(=O)Nc2nc(C(C)(C)C)cs2)nnc1-c1ccc(NS(C)(=O)=O)cc1. The van der Waals surface area contributed by atoms with Gasteiger partial charge in [-0.3, -0.25) is 9.52 Å². The molecule has 0 saturated heterocycles. The molecule has 0 fully saturated rings. The van der Waals surface area contributed by atoms with Gasteiger partial charge in [0.25, 0.3) is 0 Å². The number of rotatable bonds is 7. The van der Waals surface area contributed by atoms with Crippen LogP contribution in [0.2, 0.25) is 0 Å². The van der Waals surface area contributed by atoms with Crippen LogP contribution >= 0.6 is 23.1 Å². The van der Waals surface area contributed by atoms with Gasteiger partial charge in [0.2, 0.25) is 15.9 Å². The predicted octanol–water partition coefficient (Wildman–Crippen LogP) is 3.34. The van der Waals surface area contributed by atoms with E-state index in [1.807, 2.05) is 12.4 Å². The first-order chi connectivity index (χ1) is 14.4. The molecule has 31 heavy (non-hydrogen) atoms. The third kappa shape index (κ3) is 6.28. The molecule has 0 aliphatic rings. The molecule has 0 atom stereocenters. The first kappa shape index (κ1) is 23.2. The van der Waals surface area contributed by atoms with E-state index in [1.54, 1.807) is 28.8 Å². The van der Waals surface area contributed by atoms with E-state index in [-0.39, 0.29) is 17.1 Å². The number of anilines is 2. The zero-order valence-corrected chi connectivity index (χ0v) is 20.3. The number of thiazole rings is 1. The molecule has 2 aromatic heterocycles. The van der Waals surface area contributed by atoms with Crippen LogP contribution in [0.4, 0.5) is 10.8 Å². The molecule has 0 aliphatic heterocycles. The van der Waals surface area contributed by atoms with Crippen molar-refractivity contribution < 1.29 is 13.2 Å². The van der Waals surface area contributed by atoms with E-state index in [0.29, 0.717) is 21.8 Å². The van der Waals surface area contributed by atoms with Gasteiger partial charge in [0.05, 0.1) is 17.7 Å². The average Bonchev–Trinajstić information content (AvgIpc) is 3.26. The van der Waals surface area contributed by atoms with Crippen molar-refractivity contribution in [2.24, 2.45) is 7.05 Å². The van der Waals surface area contributed by atoms with Gasteiger partial charge < -0.3 is 9.88 Å². The molecule has 1 amide bonds. The van der Waals surface area contributed by atoms with E-state index < -0.39 is 10.0 Å². The molecule has 1 aromatic carbocycles. The van der Waals surface area contributed by atoms with Gasteiger partial charge in [0, 0.05) is 29.1 Å². The molecular formula is C19H24N6O3S3. The summed E-state index contributed by atoms with van der Waals surface area (Å²) >= 11 is 2.68. The molecule has 2 N–H and O–H groups in total. The van der Waals surface area contributed by atoms with Gasteiger partial charge in [0.1, 0.15) is 0 Å². The lowest BCUT2D eigenvalue weighted by Crippen LogP contribution is -2.16. The Labute approximate surface area is 189 Å². The smallest absolute Gasteiger partial charge is 0.236 e. The van der Waals surface area contributed by atoms with Crippen molar-refractivity contribution in [3.8, 4) is 11.4 Å². The molecule has 9 nitrogen and oxygen atoms in total. The van der Waals surface area contributed by atoms with Crippen molar-refractivity contribution in [3.05, 3.63) is 35.3 Å². The van der Waals surface area contributed by atoms with Crippen molar-refractivity contribution in [2.75, 3.05) is 22.0 Å². The number of carbonyl (C=O) groups excluding carboxylic acids is 1. The molecule has 166 valence electrons. The first-order valence-corrected chi connectivity index (χ1v) is 13.0. The highest BCUT2D eigenvalue weighted by molar-refractivity contribution is 7.99. The highest BCUT2D eigenvalue weighted by Crippen LogP contribution is 2.27. The number of hydrogen-bond donors (Lipinski definition) is 2. The summed E-state index contributed by atoms with van der Waals surface area (Å²) in [5.74, 6) is 0.622. The number of nitrogens with one attached hydrogen (secondary N) is 2. The average molecular weight is 481 g/mol. The molecule has 0 saturated carbocycles. The van der Waals surface area contributed by atoms with E-state index in [1.165, 1.54) is 23.1 Å². The maximum atomic E-state index is 12.3. The molecule has 0 aliphatic carbocycles. The highest BCUT2D eigenvalue weighted by atomic mass is 32.2. The second-order valence-corrected chi connectivity index (χ2v) is 11.5. The second kappa shape index (κ2) is 8.97. The van der Waals surface area contributed by atoms with Gasteiger partial charge in [-0.1, -0.05) is 32.5 Å². The molecule has 3 aromatic rings. The van der Waals surface area contributed by atoms with Crippen molar-refractivity contribution >= 4 is 49.8 Å². The quantitative estimate of drug-likeness (QED) is 0.498. The Morgan fingerprint density at radius 3 is 2.45 bits per heavy atom. The summed E-state index contributed by atoms with van der Waals surface area (Å²) < 4.78 is 26.9. The highest BCUT2D eigenvalue weighted by Gasteiger charge is 2.19. The number of thioether (sulfide) groups is 1. The zero-order chi connectivity index (χ0) is 22.8. The van der Waals surface area contributed by atoms with Gasteiger partial charge >= 0.3 is 0 Å². The van der Waals surface area contributed by atoms with E-state index in [4.69, 9.17) is 0 Å². The van der Waals surface area contributed by atoms with Crippen molar-refractivity contribution in [1.29, 1.82) is 0 Å². The molecule has 3 rings (SSSR count). The van der Waals surface area contributed by atoms with Gasteiger partial charge in [-0.15, -0.1) is 21.5 Å². The lowest BCUT2D eigenvalue weighted by Gasteiger charge is -2.14. The summed E-state index contributed by atoms with van der Waals surface area (Å²) in [5.41, 5.74) is 2.12. The summed E-state index contributed by atoms with van der Waals surface area (Å²) in [6, 6.07) is 6.83. The Bertz CT molecular complexity index is 1180. The normalized spacial score (nSPS) is 12.0. The third-order valence-electron chi connectivity index (χ3n) is 4.13. The fourth-order valence-electron chi connectivity index (χ4n) is 2.55. The molecule has 0 bridgehead atoms. The summed E-state index contributed by atoms with van der Waals surface area (Å²) in [6.07, 6.45) is 1.10. The Kier molecular flexibility index (Phi) is 6.72. The molecule has 0 radical (unpaired) electrons. The monoisotopic (exact) mass is 480 g/mol. The number of amides is 1. The number of hydrogen-bond acceptors (Lipinski definition) is 8. The lowest BCUT2D eigenvalue weighted by atomic mass is 9.93. The number of sulfonamides is 1. The van der Waals surface area contributed by atoms with E-state index in [2.05, 4.69) is 46.0 Å². The molecule has 2 heterocycles. The van der Waals surface area contributed by atoms with Gasteiger partial charge in [0.15, 0.2) is 16.1 Å². The van der Waals surface area contributed by atoms with Crippen molar-refractivity contribution in [2.45, 2.75) is 31.3 Å². The standard InChI is InChI=1S/C19H24N6O3S3/c1-19(2,3)14-10-29-17(20-14)21-15(26)11-30-18-23-22-16(25(18)4)12-6-8-13(9-7-12)24-31(5,27)28/h6-10,24H,11H2,1-5H3,(H,20,21,26). The van der Waals surface area contributed by atoms with Crippen molar-refractivity contribution in [3.63, 3.8) is 0 Å². The third-order valence-corrected chi connectivity index (χ3v) is 6.52. The predicted molar refractivity (Wildman–Crippen MR) is 125 cm³/mol. The van der Waals surface area contributed by atoms with Crippen LogP contribution < -0.4 is 10.0 Å². The fourth-order valence-corrected chi connectivity index (χ4v) is 4.78. The van der Waals surface area contributed by atoms with Crippen LogP contribution in [0.25, 0.3) is 11.4 Å². The van der Waals surface area contributed by atoms with E-state index in [0.717, 1.165) is 17.5 Å². The maximum Gasteiger partial charge on any atom is 0.236 e. The fraction of sp³-hybridized carbons (Fsp3) is 0.368. The number of nitrogens with zero attached hydrogens (tertiary/aromatic N) is 4. The summed E-state index contributed by atoms with van der Waals surface area (Å²) in [4.78, 5) is 16.8. The Hall–Kier alpha value is -2.44. The first-order valence-electron chi connectivity index (χ1n) is 9.28. The minimum atomic E-state index is -3.33. The van der Waals surface area contributed by atoms with E-state index >= 15 is 0 Å². The number of benzene rings is 1. The summed E-state index contributed by atoms with van der Waals surface area (Å²) in [5, 5.41) is 14.3. The van der Waals surface area contributed by atoms with Crippen LogP contribution in [-0.2, 0) is 27.3 Å². The van der Waals surface area contributed by atoms with Gasteiger partial charge in [-0.2, -0.15) is 0 Å². The Morgan fingerprint density at radius 2 is 1.87 bits per heavy atom. The van der Waals surface area contributed by atoms with Crippen LogP contribution in [-0.4, -0.2) is 46.1 Å². The lowest BCUT2D eigenvalue weighted by molar-refractivity contribution is -0.113. The summed E-state index contributed by atoms with van der Waals surface area (Å²) in [6.45, 7) is 6.22. The molecule has 0 unspecified atom stereocenters. The van der Waals surface area contributed by atoms with Crippen LogP contribution in [0.3, 0.4) is 0 Å². The topological polar surface area (TPSA) is 119 Å². The van der Waals surface area contributed by atoms with Crippen molar-refractivity contribution in [1.82, 2.24) is 19.7 Å². The minimum Gasteiger partial charge on any atom is -0.305 e. The van der Waals surface area contributed by atoms with E-state index in [9.17, 15) is 13.2 Å². The Balaban J connectivity index is 1.61. The van der Waals surface area contributed by atoms with Gasteiger partial charge in [-0.05, 0) is 24.3 Å². The molecule has 0 spiro atoms. The maximum absolute atomic E-state index is 12.3. The minimum absolute atomic E-state index is 0.0671. The molecule has 12 heteroatoms. The van der Waals surface area contributed by atoms with Crippen LogP contribution in [0.5, 0.6) is 0 Å². The number of carbonyl (C=O) groups is 1. The molecular weight excluding hydrogens is 456 g/mol. The largest absolute Gasteiger partial charge is 0.305 e. The van der Waals surface area contributed by atoms with Gasteiger partial charge in [-0.25, -0.2) is 13.4 Å². The van der Waals surface area contributed by atoms with Crippen LogP contribution in [0.15, 0.2) is 34.8 Å². The summed E-state index contributed by atoms with van der Waals surface area (Å²) in [7, 11) is -1.52. The van der Waals surface area contributed by atoms with Crippen LogP contribution in [0, 0.1) is 0 Å². The van der Waals surface area contributed by atoms with Crippen LogP contribution in [0.1, 0.15) is 26.5 Å². The Morgan fingerprint density at radius 1 is 1.19 bits per heavy atom. The zero-order valence-electron chi connectivity index (χ0n) is 17.8. The second-order valence-electron chi connectivity index (χ2n) is 7.94.